The van der Waals surface area contributed by atoms with Crippen molar-refractivity contribution in [2.75, 3.05) is 6.54 Å². The van der Waals surface area contributed by atoms with E-state index in [0.29, 0.717) is 24.1 Å². The van der Waals surface area contributed by atoms with E-state index >= 15 is 0 Å². The predicted molar refractivity (Wildman–Crippen MR) is 114 cm³/mol. The summed E-state index contributed by atoms with van der Waals surface area (Å²) in [5, 5.41) is 0. The molecule has 4 heteroatoms. The summed E-state index contributed by atoms with van der Waals surface area (Å²) in [7, 11) is 0. The molecule has 4 rings (SSSR count). The van der Waals surface area contributed by atoms with E-state index in [9.17, 15) is 4.79 Å². The Morgan fingerprint density at radius 2 is 1.72 bits per heavy atom. The molecule has 3 aromatic rings. The Balaban J connectivity index is 1.39. The van der Waals surface area contributed by atoms with E-state index in [0.717, 1.165) is 37.8 Å². The van der Waals surface area contributed by atoms with Crippen LogP contribution in [0.15, 0.2) is 79.0 Å². The molecule has 4 nitrogen and oxygen atoms in total. The van der Waals surface area contributed by atoms with E-state index in [2.05, 4.69) is 29.2 Å². The second-order valence-corrected chi connectivity index (χ2v) is 7.48. The lowest BCUT2D eigenvalue weighted by Crippen LogP contribution is -2.35. The quantitative estimate of drug-likeness (QED) is 0.580. The smallest absolute Gasteiger partial charge is 0.254 e. The first-order valence-electron chi connectivity index (χ1n) is 10.3. The van der Waals surface area contributed by atoms with Crippen molar-refractivity contribution in [1.29, 1.82) is 0 Å². The Kier molecular flexibility index (Phi) is 6.20. The lowest BCUT2D eigenvalue weighted by atomic mass is 10.0. The minimum Gasteiger partial charge on any atom is -0.473 e. The van der Waals surface area contributed by atoms with Crippen LogP contribution in [0.5, 0.6) is 5.88 Å². The van der Waals surface area contributed by atoms with Crippen molar-refractivity contribution >= 4 is 5.91 Å². The molecule has 1 fully saturated rings. The van der Waals surface area contributed by atoms with Gasteiger partial charge in [-0.15, -0.1) is 0 Å². The zero-order valence-corrected chi connectivity index (χ0v) is 16.5. The summed E-state index contributed by atoms with van der Waals surface area (Å²) in [6, 6.07) is 24.3. The third-order valence-electron chi connectivity index (χ3n) is 5.46. The maximum Gasteiger partial charge on any atom is 0.254 e. The van der Waals surface area contributed by atoms with E-state index in [1.54, 1.807) is 18.3 Å². The molecule has 2 aromatic carbocycles. The van der Waals surface area contributed by atoms with Gasteiger partial charge in [-0.1, -0.05) is 60.7 Å². The zero-order valence-electron chi connectivity index (χ0n) is 16.5. The second kappa shape index (κ2) is 9.37. The molecule has 0 N–H and O–H groups in total. The van der Waals surface area contributed by atoms with Gasteiger partial charge >= 0.3 is 0 Å². The molecule has 29 heavy (non-hydrogen) atoms. The number of rotatable bonds is 7. The van der Waals surface area contributed by atoms with Crippen molar-refractivity contribution in [1.82, 2.24) is 9.88 Å². The molecule has 1 amide bonds. The number of pyridine rings is 1. The largest absolute Gasteiger partial charge is 0.473 e. The number of likely N-dealkylation sites (tertiary alicyclic amines) is 1. The van der Waals surface area contributed by atoms with Crippen molar-refractivity contribution in [2.45, 2.75) is 38.3 Å². The maximum absolute atomic E-state index is 13.1. The van der Waals surface area contributed by atoms with Gasteiger partial charge in [0.25, 0.3) is 5.91 Å². The Morgan fingerprint density at radius 1 is 1.00 bits per heavy atom. The van der Waals surface area contributed by atoms with Gasteiger partial charge in [-0.2, -0.15) is 0 Å². The molecular weight excluding hydrogens is 360 g/mol. The molecule has 0 radical (unpaired) electrons. The van der Waals surface area contributed by atoms with Crippen LogP contribution in [0, 0.1) is 0 Å². The fraction of sp³-hybridized carbons (Fsp3) is 0.280. The van der Waals surface area contributed by atoms with Gasteiger partial charge in [0.05, 0.1) is 0 Å². The van der Waals surface area contributed by atoms with Crippen LogP contribution >= 0.6 is 0 Å². The molecule has 1 atom stereocenters. The molecule has 1 saturated heterocycles. The van der Waals surface area contributed by atoms with E-state index in [4.69, 9.17) is 4.74 Å². The van der Waals surface area contributed by atoms with Gasteiger partial charge in [-0.25, -0.2) is 4.98 Å². The standard InChI is InChI=1S/C25H26N2O2/c28-25(27-17-7-12-23(27)14-13-20-8-3-1-4-9-20)22-15-16-26-24(18-22)29-19-21-10-5-2-6-11-21/h1-6,8-11,15-16,18,23H,7,12-14,17,19H2. The molecule has 0 saturated carbocycles. The summed E-state index contributed by atoms with van der Waals surface area (Å²) in [5.74, 6) is 0.562. The number of carbonyl (C=O) groups excluding carboxylic acids is 1. The summed E-state index contributed by atoms with van der Waals surface area (Å²) in [6.07, 6.45) is 5.78. The highest BCUT2D eigenvalue weighted by Gasteiger charge is 2.29. The zero-order chi connectivity index (χ0) is 19.9. The van der Waals surface area contributed by atoms with Crippen molar-refractivity contribution < 1.29 is 9.53 Å². The van der Waals surface area contributed by atoms with Crippen LogP contribution in [0.3, 0.4) is 0 Å². The van der Waals surface area contributed by atoms with Crippen LogP contribution in [0.1, 0.15) is 40.7 Å². The third-order valence-corrected chi connectivity index (χ3v) is 5.46. The van der Waals surface area contributed by atoms with Crippen molar-refractivity contribution in [3.05, 3.63) is 95.7 Å². The molecule has 0 bridgehead atoms. The lowest BCUT2D eigenvalue weighted by molar-refractivity contribution is 0.0730. The highest BCUT2D eigenvalue weighted by molar-refractivity contribution is 5.94. The highest BCUT2D eigenvalue weighted by atomic mass is 16.5. The summed E-state index contributed by atoms with van der Waals surface area (Å²) in [4.78, 5) is 19.4. The number of aromatic nitrogens is 1. The van der Waals surface area contributed by atoms with E-state index in [1.165, 1.54) is 5.56 Å². The Morgan fingerprint density at radius 3 is 2.48 bits per heavy atom. The second-order valence-electron chi connectivity index (χ2n) is 7.48. The SMILES string of the molecule is O=C(c1ccnc(OCc2ccccc2)c1)N1CCCC1CCc1ccccc1. The molecule has 1 aromatic heterocycles. The van der Waals surface area contributed by atoms with Gasteiger partial charge in [-0.3, -0.25) is 4.79 Å². The third kappa shape index (κ3) is 5.02. The number of benzene rings is 2. The van der Waals surface area contributed by atoms with Crippen molar-refractivity contribution in [2.24, 2.45) is 0 Å². The molecule has 0 aliphatic carbocycles. The van der Waals surface area contributed by atoms with Crippen LogP contribution in [0.2, 0.25) is 0 Å². The Labute approximate surface area is 172 Å². The number of nitrogens with zero attached hydrogens (tertiary/aromatic N) is 2. The number of carbonyl (C=O) groups is 1. The first-order valence-corrected chi connectivity index (χ1v) is 10.3. The summed E-state index contributed by atoms with van der Waals surface area (Å²) in [6.45, 7) is 1.26. The van der Waals surface area contributed by atoms with Crippen LogP contribution in [-0.2, 0) is 13.0 Å². The molecule has 1 aliphatic heterocycles. The van der Waals surface area contributed by atoms with Gasteiger partial charge in [0.1, 0.15) is 6.61 Å². The predicted octanol–water partition coefficient (Wildman–Crippen LogP) is 4.90. The molecular formula is C25H26N2O2. The summed E-state index contributed by atoms with van der Waals surface area (Å²) >= 11 is 0. The number of hydrogen-bond acceptors (Lipinski definition) is 3. The van der Waals surface area contributed by atoms with Crippen LogP contribution in [-0.4, -0.2) is 28.4 Å². The van der Waals surface area contributed by atoms with E-state index < -0.39 is 0 Å². The number of amides is 1. The first-order chi connectivity index (χ1) is 14.3. The van der Waals surface area contributed by atoms with Gasteiger partial charge in [0, 0.05) is 30.4 Å². The first kappa shape index (κ1) is 19.2. The van der Waals surface area contributed by atoms with E-state index in [1.807, 2.05) is 41.3 Å². The Hall–Kier alpha value is -3.14. The number of hydrogen-bond donors (Lipinski definition) is 0. The number of ether oxygens (including phenoxy) is 1. The molecule has 1 unspecified atom stereocenters. The average Bonchev–Trinajstić information content (AvgIpc) is 3.26. The molecule has 0 spiro atoms. The monoisotopic (exact) mass is 386 g/mol. The number of aryl methyl sites for hydroxylation is 1. The van der Waals surface area contributed by atoms with Crippen LogP contribution < -0.4 is 4.74 Å². The molecule has 148 valence electrons. The van der Waals surface area contributed by atoms with Gasteiger partial charge in [-0.05, 0) is 42.9 Å². The van der Waals surface area contributed by atoms with Crippen molar-refractivity contribution in [3.8, 4) is 5.88 Å². The maximum atomic E-state index is 13.1. The van der Waals surface area contributed by atoms with Crippen LogP contribution in [0.4, 0.5) is 0 Å². The summed E-state index contributed by atoms with van der Waals surface area (Å²) < 4.78 is 5.80. The molecule has 1 aliphatic rings. The Bertz CT molecular complexity index is 928. The van der Waals surface area contributed by atoms with Gasteiger partial charge in [0.15, 0.2) is 0 Å². The van der Waals surface area contributed by atoms with Crippen LogP contribution in [0.25, 0.3) is 0 Å². The summed E-state index contributed by atoms with van der Waals surface area (Å²) in [5.41, 5.74) is 3.05. The minimum absolute atomic E-state index is 0.0764. The minimum atomic E-state index is 0.0764. The van der Waals surface area contributed by atoms with Crippen molar-refractivity contribution in [3.63, 3.8) is 0 Å². The fourth-order valence-corrected chi connectivity index (χ4v) is 3.90. The van der Waals surface area contributed by atoms with Gasteiger partial charge < -0.3 is 9.64 Å². The normalized spacial score (nSPS) is 16.0. The van der Waals surface area contributed by atoms with Gasteiger partial charge in [0.2, 0.25) is 5.88 Å². The fourth-order valence-electron chi connectivity index (χ4n) is 3.90. The lowest BCUT2D eigenvalue weighted by Gasteiger charge is -2.25. The average molecular weight is 386 g/mol. The van der Waals surface area contributed by atoms with E-state index in [-0.39, 0.29) is 5.91 Å². The topological polar surface area (TPSA) is 42.4 Å². The molecule has 2 heterocycles. The highest BCUT2D eigenvalue weighted by Crippen LogP contribution is 2.25.